The van der Waals surface area contributed by atoms with Crippen molar-refractivity contribution >= 4 is 0 Å². The van der Waals surface area contributed by atoms with Gasteiger partial charge in [0.2, 0.25) is 0 Å². The Morgan fingerprint density at radius 1 is 1.40 bits per heavy atom. The summed E-state index contributed by atoms with van der Waals surface area (Å²) in [5.41, 5.74) is -0.00632. The predicted octanol–water partition coefficient (Wildman–Crippen LogP) is 0.958. The molecule has 0 aromatic carbocycles. The molecule has 0 saturated carbocycles. The van der Waals surface area contributed by atoms with Crippen LogP contribution in [0.15, 0.2) is 4.79 Å². The molecule has 114 valence electrons. The molecule has 0 amide bonds. The van der Waals surface area contributed by atoms with Gasteiger partial charge in [-0.15, -0.1) is 0 Å². The Balaban J connectivity index is 2.09. The third kappa shape index (κ3) is 3.49. The highest BCUT2D eigenvalue weighted by atomic mass is 16.5. The van der Waals surface area contributed by atoms with E-state index in [1.807, 2.05) is 6.92 Å². The first-order valence-electron chi connectivity index (χ1n) is 7.73. The summed E-state index contributed by atoms with van der Waals surface area (Å²) in [7, 11) is 0. The molecule has 6 nitrogen and oxygen atoms in total. The lowest BCUT2D eigenvalue weighted by atomic mass is 9.99. The molecule has 0 bridgehead atoms. The quantitative estimate of drug-likeness (QED) is 0.757. The van der Waals surface area contributed by atoms with Gasteiger partial charge in [0.05, 0.1) is 13.2 Å². The summed E-state index contributed by atoms with van der Waals surface area (Å²) >= 11 is 0. The van der Waals surface area contributed by atoms with Gasteiger partial charge in [-0.3, -0.25) is 4.57 Å². The van der Waals surface area contributed by atoms with Crippen molar-refractivity contribution in [2.24, 2.45) is 0 Å². The minimum atomic E-state index is -0.00632. The monoisotopic (exact) mass is 282 g/mol. The first kappa shape index (κ1) is 15.3. The standard InChI is InChI=1S/C14H26N4O2/c1-3-9-20-10-8-18-14(19)17(4-2)13(16-18)12-6-5-7-15-11-12/h12,15H,3-11H2,1-2H3. The zero-order valence-electron chi connectivity index (χ0n) is 12.6. The van der Waals surface area contributed by atoms with Crippen molar-refractivity contribution in [3.63, 3.8) is 0 Å². The predicted molar refractivity (Wildman–Crippen MR) is 78.1 cm³/mol. The van der Waals surface area contributed by atoms with Crippen LogP contribution in [0, 0.1) is 0 Å². The molecule has 0 radical (unpaired) electrons. The maximum Gasteiger partial charge on any atom is 0.345 e. The van der Waals surface area contributed by atoms with E-state index in [9.17, 15) is 4.79 Å². The second-order valence-electron chi connectivity index (χ2n) is 5.26. The second kappa shape index (κ2) is 7.59. The zero-order chi connectivity index (χ0) is 14.4. The van der Waals surface area contributed by atoms with Gasteiger partial charge < -0.3 is 10.1 Å². The van der Waals surface area contributed by atoms with Crippen molar-refractivity contribution in [1.29, 1.82) is 0 Å². The summed E-state index contributed by atoms with van der Waals surface area (Å²) in [6.45, 7) is 8.58. The van der Waals surface area contributed by atoms with Gasteiger partial charge in [-0.2, -0.15) is 5.10 Å². The van der Waals surface area contributed by atoms with Gasteiger partial charge in [-0.05, 0) is 32.7 Å². The van der Waals surface area contributed by atoms with Crippen molar-refractivity contribution < 1.29 is 4.74 Å². The molecule has 1 atom stereocenters. The number of hydrogen-bond acceptors (Lipinski definition) is 4. The van der Waals surface area contributed by atoms with Gasteiger partial charge in [0.1, 0.15) is 5.82 Å². The molecule has 1 aromatic heterocycles. The Morgan fingerprint density at radius 3 is 2.90 bits per heavy atom. The maximum absolute atomic E-state index is 12.3. The summed E-state index contributed by atoms with van der Waals surface area (Å²) in [5, 5.41) is 7.93. The third-order valence-electron chi connectivity index (χ3n) is 3.73. The molecule has 1 saturated heterocycles. The van der Waals surface area contributed by atoms with Gasteiger partial charge in [0.15, 0.2) is 0 Å². The van der Waals surface area contributed by atoms with Crippen LogP contribution in [0.4, 0.5) is 0 Å². The molecular formula is C14H26N4O2. The summed E-state index contributed by atoms with van der Waals surface area (Å²) in [5.74, 6) is 1.29. The molecule has 0 aliphatic carbocycles. The van der Waals surface area contributed by atoms with E-state index in [2.05, 4.69) is 17.3 Å². The highest BCUT2D eigenvalue weighted by Crippen LogP contribution is 2.20. The fourth-order valence-electron chi connectivity index (χ4n) is 2.67. The highest BCUT2D eigenvalue weighted by molar-refractivity contribution is 5.00. The van der Waals surface area contributed by atoms with E-state index in [0.29, 0.717) is 25.6 Å². The van der Waals surface area contributed by atoms with Crippen LogP contribution in [-0.4, -0.2) is 40.7 Å². The Labute approximate surface area is 120 Å². The SMILES string of the molecule is CCCOCCn1nc(C2CCCNC2)n(CC)c1=O. The van der Waals surface area contributed by atoms with Gasteiger partial charge in [0.25, 0.3) is 0 Å². The van der Waals surface area contributed by atoms with Crippen LogP contribution in [-0.2, 0) is 17.8 Å². The summed E-state index contributed by atoms with van der Waals surface area (Å²) in [6.07, 6.45) is 3.25. The molecule has 1 aromatic rings. The first-order valence-corrected chi connectivity index (χ1v) is 7.73. The molecule has 20 heavy (non-hydrogen) atoms. The van der Waals surface area contributed by atoms with Crippen molar-refractivity contribution in [2.75, 3.05) is 26.3 Å². The minimum Gasteiger partial charge on any atom is -0.380 e. The zero-order valence-corrected chi connectivity index (χ0v) is 12.6. The van der Waals surface area contributed by atoms with E-state index in [4.69, 9.17) is 4.74 Å². The van der Waals surface area contributed by atoms with Gasteiger partial charge in [0, 0.05) is 25.6 Å². The Hall–Kier alpha value is -1.14. The van der Waals surface area contributed by atoms with E-state index in [1.165, 1.54) is 0 Å². The number of rotatable bonds is 7. The summed E-state index contributed by atoms with van der Waals surface area (Å²) < 4.78 is 8.81. The van der Waals surface area contributed by atoms with E-state index in [-0.39, 0.29) is 5.69 Å². The van der Waals surface area contributed by atoms with E-state index >= 15 is 0 Å². The molecular weight excluding hydrogens is 256 g/mol. The van der Waals surface area contributed by atoms with Crippen LogP contribution < -0.4 is 11.0 Å². The number of aromatic nitrogens is 3. The average molecular weight is 282 g/mol. The number of nitrogens with zero attached hydrogens (tertiary/aromatic N) is 3. The van der Waals surface area contributed by atoms with Crippen molar-refractivity contribution in [3.05, 3.63) is 16.3 Å². The normalized spacial score (nSPS) is 19.4. The van der Waals surface area contributed by atoms with Gasteiger partial charge >= 0.3 is 5.69 Å². The number of nitrogens with one attached hydrogen (secondary N) is 1. The highest BCUT2D eigenvalue weighted by Gasteiger charge is 2.23. The third-order valence-corrected chi connectivity index (χ3v) is 3.73. The van der Waals surface area contributed by atoms with Crippen molar-refractivity contribution in [1.82, 2.24) is 19.7 Å². The molecule has 1 aliphatic heterocycles. The van der Waals surface area contributed by atoms with Crippen LogP contribution in [0.2, 0.25) is 0 Å². The lowest BCUT2D eigenvalue weighted by Gasteiger charge is -2.21. The van der Waals surface area contributed by atoms with Crippen LogP contribution in [0.25, 0.3) is 0 Å². The van der Waals surface area contributed by atoms with Crippen LogP contribution in [0.5, 0.6) is 0 Å². The average Bonchev–Trinajstić information content (AvgIpc) is 2.81. The molecule has 1 aliphatic rings. The lowest BCUT2D eigenvalue weighted by molar-refractivity contribution is 0.123. The molecule has 1 N–H and O–H groups in total. The molecule has 6 heteroatoms. The first-order chi connectivity index (χ1) is 9.77. The van der Waals surface area contributed by atoms with Crippen LogP contribution >= 0.6 is 0 Å². The number of hydrogen-bond donors (Lipinski definition) is 1. The van der Waals surface area contributed by atoms with Gasteiger partial charge in [-0.25, -0.2) is 9.48 Å². The van der Waals surface area contributed by atoms with Gasteiger partial charge in [-0.1, -0.05) is 6.92 Å². The number of ether oxygens (including phenoxy) is 1. The topological polar surface area (TPSA) is 61.1 Å². The van der Waals surface area contributed by atoms with E-state index < -0.39 is 0 Å². The van der Waals surface area contributed by atoms with Crippen LogP contribution in [0.3, 0.4) is 0 Å². The van der Waals surface area contributed by atoms with Crippen LogP contribution in [0.1, 0.15) is 44.9 Å². The van der Waals surface area contributed by atoms with E-state index in [0.717, 1.165) is 44.8 Å². The largest absolute Gasteiger partial charge is 0.380 e. The lowest BCUT2D eigenvalue weighted by Crippen LogP contribution is -2.31. The summed E-state index contributed by atoms with van der Waals surface area (Å²) in [4.78, 5) is 12.3. The Kier molecular flexibility index (Phi) is 5.79. The molecule has 1 fully saturated rings. The second-order valence-corrected chi connectivity index (χ2v) is 5.26. The fourth-order valence-corrected chi connectivity index (χ4v) is 2.67. The van der Waals surface area contributed by atoms with E-state index in [1.54, 1.807) is 9.25 Å². The number of piperidine rings is 1. The Bertz CT molecular complexity index is 460. The Morgan fingerprint density at radius 2 is 2.25 bits per heavy atom. The minimum absolute atomic E-state index is 0.00632. The molecule has 2 rings (SSSR count). The van der Waals surface area contributed by atoms with Crippen molar-refractivity contribution in [3.8, 4) is 0 Å². The van der Waals surface area contributed by atoms with Crippen molar-refractivity contribution in [2.45, 2.75) is 52.1 Å². The molecule has 1 unspecified atom stereocenters. The fraction of sp³-hybridized carbons (Fsp3) is 0.857. The summed E-state index contributed by atoms with van der Waals surface area (Å²) in [6, 6.07) is 0. The smallest absolute Gasteiger partial charge is 0.345 e. The maximum atomic E-state index is 12.3. The molecule has 2 heterocycles. The molecule has 0 spiro atoms.